The molecule has 0 bridgehead atoms. The summed E-state index contributed by atoms with van der Waals surface area (Å²) in [6.07, 6.45) is 1.65. The Labute approximate surface area is 96.5 Å². The molecule has 2 N–H and O–H groups in total. The monoisotopic (exact) mass is 237 g/mol. The second-order valence-corrected chi connectivity index (χ2v) is 4.49. The predicted molar refractivity (Wildman–Crippen MR) is 59.6 cm³/mol. The van der Waals surface area contributed by atoms with Crippen LogP contribution in [0.2, 0.25) is 5.15 Å². The highest BCUT2D eigenvalue weighted by molar-refractivity contribution is 6.34. The van der Waals surface area contributed by atoms with E-state index >= 15 is 0 Å². The fourth-order valence-electron chi connectivity index (χ4n) is 1.66. The quantitative estimate of drug-likeness (QED) is 0.775. The maximum absolute atomic E-state index is 13.6. The van der Waals surface area contributed by atoms with Gasteiger partial charge in [-0.05, 0) is 25.0 Å². The van der Waals surface area contributed by atoms with E-state index in [4.69, 9.17) is 17.3 Å². The Morgan fingerprint density at radius 1 is 1.31 bits per heavy atom. The molecule has 3 nitrogen and oxygen atoms in total. The number of nitrogens with two attached hydrogens (primary N) is 1. The van der Waals surface area contributed by atoms with E-state index in [1.807, 2.05) is 0 Å². The second-order valence-electron chi connectivity index (χ2n) is 4.13. The lowest BCUT2D eigenvalue weighted by Gasteiger charge is -2.09. The average Bonchev–Trinajstić information content (AvgIpc) is 2.99. The highest BCUT2D eigenvalue weighted by Gasteiger charge is 2.43. The maximum atomic E-state index is 13.6. The predicted octanol–water partition coefficient (Wildman–Crippen LogP) is 2.37. The summed E-state index contributed by atoms with van der Waals surface area (Å²) in [4.78, 5) is 8.31. The third-order valence-electron chi connectivity index (χ3n) is 2.86. The summed E-state index contributed by atoms with van der Waals surface area (Å²) in [5.74, 6) is 0.0439. The van der Waals surface area contributed by atoms with Gasteiger partial charge in [0.2, 0.25) is 0 Å². The zero-order valence-corrected chi connectivity index (χ0v) is 9.13. The van der Waals surface area contributed by atoms with E-state index in [0.717, 1.165) is 12.8 Å². The number of rotatable bonds is 1. The van der Waals surface area contributed by atoms with Gasteiger partial charge in [0.25, 0.3) is 0 Å². The van der Waals surface area contributed by atoms with Crippen molar-refractivity contribution in [2.75, 3.05) is 0 Å². The lowest BCUT2D eigenvalue weighted by Crippen LogP contribution is -2.22. The van der Waals surface area contributed by atoms with Crippen molar-refractivity contribution in [3.63, 3.8) is 0 Å². The lowest BCUT2D eigenvalue weighted by molar-refractivity contribution is 0.629. The van der Waals surface area contributed by atoms with Crippen molar-refractivity contribution < 1.29 is 4.39 Å². The van der Waals surface area contributed by atoms with E-state index in [1.54, 1.807) is 12.1 Å². The third-order valence-corrected chi connectivity index (χ3v) is 3.15. The van der Waals surface area contributed by atoms with Crippen LogP contribution in [0.1, 0.15) is 18.7 Å². The maximum Gasteiger partial charge on any atom is 0.150 e. The SMILES string of the molecule is NC1(c2nc(Cl)c3cccc(F)c3n2)CC1. The molecular weight excluding hydrogens is 229 g/mol. The van der Waals surface area contributed by atoms with E-state index in [-0.39, 0.29) is 10.7 Å². The van der Waals surface area contributed by atoms with Crippen molar-refractivity contribution in [3.05, 3.63) is 35.0 Å². The van der Waals surface area contributed by atoms with E-state index in [1.165, 1.54) is 6.07 Å². The van der Waals surface area contributed by atoms with Gasteiger partial charge in [-0.25, -0.2) is 14.4 Å². The first-order valence-corrected chi connectivity index (χ1v) is 5.39. The van der Waals surface area contributed by atoms with Gasteiger partial charge in [0.05, 0.1) is 5.54 Å². The lowest BCUT2D eigenvalue weighted by atomic mass is 10.2. The molecule has 0 atom stereocenters. The molecule has 1 saturated carbocycles. The van der Waals surface area contributed by atoms with Gasteiger partial charge in [0, 0.05) is 5.39 Å². The van der Waals surface area contributed by atoms with Crippen LogP contribution in [0.3, 0.4) is 0 Å². The molecule has 1 aliphatic rings. The van der Waals surface area contributed by atoms with E-state index in [0.29, 0.717) is 11.2 Å². The van der Waals surface area contributed by atoms with Crippen LogP contribution < -0.4 is 5.73 Å². The van der Waals surface area contributed by atoms with E-state index in [2.05, 4.69) is 9.97 Å². The Hall–Kier alpha value is -1.26. The molecule has 2 aromatic rings. The van der Waals surface area contributed by atoms with Crippen molar-refractivity contribution in [2.24, 2.45) is 5.73 Å². The fourth-order valence-corrected chi connectivity index (χ4v) is 1.89. The minimum Gasteiger partial charge on any atom is -0.319 e. The minimum atomic E-state index is -0.500. The van der Waals surface area contributed by atoms with E-state index < -0.39 is 11.4 Å². The third kappa shape index (κ3) is 1.37. The van der Waals surface area contributed by atoms with Crippen molar-refractivity contribution in [2.45, 2.75) is 18.4 Å². The normalized spacial score (nSPS) is 17.7. The molecule has 82 valence electrons. The van der Waals surface area contributed by atoms with Gasteiger partial charge in [0.15, 0.2) is 5.82 Å². The van der Waals surface area contributed by atoms with Crippen LogP contribution in [0.5, 0.6) is 0 Å². The molecular formula is C11H9ClFN3. The molecule has 1 aromatic heterocycles. The number of halogens is 2. The van der Waals surface area contributed by atoms with Crippen LogP contribution in [-0.4, -0.2) is 9.97 Å². The van der Waals surface area contributed by atoms with E-state index in [9.17, 15) is 4.39 Å². The Balaban J connectivity index is 2.32. The van der Waals surface area contributed by atoms with Crippen LogP contribution in [-0.2, 0) is 5.54 Å². The zero-order chi connectivity index (χ0) is 11.3. The molecule has 0 amide bonds. The molecule has 1 aliphatic carbocycles. The number of benzene rings is 1. The topological polar surface area (TPSA) is 51.8 Å². The van der Waals surface area contributed by atoms with Gasteiger partial charge in [-0.2, -0.15) is 0 Å². The van der Waals surface area contributed by atoms with Crippen LogP contribution >= 0.6 is 11.6 Å². The molecule has 0 aliphatic heterocycles. The highest BCUT2D eigenvalue weighted by atomic mass is 35.5. The van der Waals surface area contributed by atoms with Crippen molar-refractivity contribution in [3.8, 4) is 0 Å². The Kier molecular flexibility index (Phi) is 1.94. The average molecular weight is 238 g/mol. The number of hydrogen-bond donors (Lipinski definition) is 1. The Morgan fingerprint density at radius 2 is 2.06 bits per heavy atom. The van der Waals surface area contributed by atoms with Crippen LogP contribution in [0.25, 0.3) is 10.9 Å². The van der Waals surface area contributed by atoms with Crippen LogP contribution in [0.15, 0.2) is 18.2 Å². The molecule has 16 heavy (non-hydrogen) atoms. The van der Waals surface area contributed by atoms with Gasteiger partial charge in [-0.3, -0.25) is 0 Å². The minimum absolute atomic E-state index is 0.245. The summed E-state index contributed by atoms with van der Waals surface area (Å²) >= 11 is 5.99. The van der Waals surface area contributed by atoms with Crippen molar-refractivity contribution in [1.29, 1.82) is 0 Å². The Morgan fingerprint density at radius 3 is 2.75 bits per heavy atom. The molecule has 1 heterocycles. The summed E-state index contributed by atoms with van der Waals surface area (Å²) in [6, 6.07) is 4.63. The Bertz CT molecular complexity index is 581. The first-order chi connectivity index (χ1) is 7.60. The number of nitrogens with zero attached hydrogens (tertiary/aromatic N) is 2. The molecule has 0 saturated heterocycles. The summed E-state index contributed by atoms with van der Waals surface area (Å²) < 4.78 is 13.6. The number of fused-ring (bicyclic) bond motifs is 1. The fraction of sp³-hybridized carbons (Fsp3) is 0.273. The highest BCUT2D eigenvalue weighted by Crippen LogP contribution is 2.41. The smallest absolute Gasteiger partial charge is 0.150 e. The van der Waals surface area contributed by atoms with Gasteiger partial charge < -0.3 is 5.73 Å². The van der Waals surface area contributed by atoms with Crippen LogP contribution in [0.4, 0.5) is 4.39 Å². The van der Waals surface area contributed by atoms with Crippen molar-refractivity contribution in [1.82, 2.24) is 9.97 Å². The molecule has 5 heteroatoms. The standard InChI is InChI=1S/C11H9ClFN3/c12-9-6-2-1-3-7(13)8(6)15-10(16-9)11(14)4-5-11/h1-3H,4-5,14H2. The summed E-state index contributed by atoms with van der Waals surface area (Å²) in [5.41, 5.74) is 5.72. The molecule has 3 rings (SSSR count). The molecule has 1 fully saturated rings. The van der Waals surface area contributed by atoms with Gasteiger partial charge in [-0.15, -0.1) is 0 Å². The van der Waals surface area contributed by atoms with Gasteiger partial charge in [0.1, 0.15) is 16.5 Å². The van der Waals surface area contributed by atoms with Crippen molar-refractivity contribution >= 4 is 22.5 Å². The van der Waals surface area contributed by atoms with Gasteiger partial charge >= 0.3 is 0 Å². The second kappa shape index (κ2) is 3.12. The first-order valence-electron chi connectivity index (χ1n) is 5.01. The largest absolute Gasteiger partial charge is 0.319 e. The molecule has 0 radical (unpaired) electrons. The summed E-state index contributed by atoms with van der Waals surface area (Å²) in [5, 5.41) is 0.783. The summed E-state index contributed by atoms with van der Waals surface area (Å²) in [6.45, 7) is 0. The zero-order valence-electron chi connectivity index (χ0n) is 8.37. The molecule has 0 unspecified atom stereocenters. The molecule has 0 spiro atoms. The van der Waals surface area contributed by atoms with Crippen LogP contribution in [0, 0.1) is 5.82 Å². The number of aromatic nitrogens is 2. The molecule has 1 aromatic carbocycles. The number of hydrogen-bond acceptors (Lipinski definition) is 3. The summed E-state index contributed by atoms with van der Waals surface area (Å²) in [7, 11) is 0. The van der Waals surface area contributed by atoms with Gasteiger partial charge in [-0.1, -0.05) is 17.7 Å². The number of para-hydroxylation sites is 1. The first kappa shape index (κ1) is 9.93.